The average Bonchev–Trinajstić information content (AvgIpc) is 2.84. The van der Waals surface area contributed by atoms with E-state index in [1.54, 1.807) is 6.92 Å². The number of rotatable bonds is 4. The summed E-state index contributed by atoms with van der Waals surface area (Å²) in [6.45, 7) is 5.41. The van der Waals surface area contributed by atoms with Crippen LogP contribution in [0.5, 0.6) is 0 Å². The van der Waals surface area contributed by atoms with Crippen LogP contribution in [0.15, 0.2) is 4.42 Å². The average molecular weight is 211 g/mol. The minimum absolute atomic E-state index is 0.328. The number of hydrogen-bond acceptors (Lipinski definition) is 5. The van der Waals surface area contributed by atoms with Gasteiger partial charge < -0.3 is 14.5 Å². The van der Waals surface area contributed by atoms with E-state index in [1.807, 2.05) is 0 Å². The largest absolute Gasteiger partial charge is 0.424 e. The quantitative estimate of drug-likeness (QED) is 0.806. The molecule has 1 aliphatic rings. The predicted molar refractivity (Wildman–Crippen MR) is 54.3 cm³/mol. The third-order valence-electron chi connectivity index (χ3n) is 2.67. The molecule has 5 nitrogen and oxygen atoms in total. The van der Waals surface area contributed by atoms with Gasteiger partial charge >= 0.3 is 0 Å². The van der Waals surface area contributed by atoms with Crippen LogP contribution in [0.25, 0.3) is 0 Å². The van der Waals surface area contributed by atoms with Gasteiger partial charge in [-0.1, -0.05) is 0 Å². The Morgan fingerprint density at radius 3 is 3.00 bits per heavy atom. The van der Waals surface area contributed by atoms with Gasteiger partial charge in [0.25, 0.3) is 0 Å². The number of nitrogens with one attached hydrogen (secondary N) is 1. The Hall–Kier alpha value is -0.940. The second-order valence-corrected chi connectivity index (χ2v) is 3.94. The topological polar surface area (TPSA) is 60.2 Å². The lowest BCUT2D eigenvalue weighted by molar-refractivity contribution is 0.0824. The van der Waals surface area contributed by atoms with Crippen molar-refractivity contribution in [3.63, 3.8) is 0 Å². The maximum atomic E-state index is 5.58. The lowest BCUT2D eigenvalue weighted by Gasteiger charge is -2.18. The first kappa shape index (κ1) is 10.6. The van der Waals surface area contributed by atoms with Crippen LogP contribution in [0.4, 0.5) is 0 Å². The Morgan fingerprint density at radius 2 is 2.40 bits per heavy atom. The van der Waals surface area contributed by atoms with E-state index in [4.69, 9.17) is 9.15 Å². The summed E-state index contributed by atoms with van der Waals surface area (Å²) in [7, 11) is 0. The summed E-state index contributed by atoms with van der Waals surface area (Å²) >= 11 is 0. The molecule has 0 unspecified atom stereocenters. The predicted octanol–water partition coefficient (Wildman–Crippen LogP) is 1.04. The summed E-state index contributed by atoms with van der Waals surface area (Å²) in [5.41, 5.74) is 0. The summed E-state index contributed by atoms with van der Waals surface area (Å²) < 4.78 is 10.9. The molecule has 5 heteroatoms. The summed E-state index contributed by atoms with van der Waals surface area (Å²) in [4.78, 5) is 0. The van der Waals surface area contributed by atoms with Crippen molar-refractivity contribution in [1.29, 1.82) is 0 Å². The van der Waals surface area contributed by atoms with E-state index < -0.39 is 0 Å². The summed E-state index contributed by atoms with van der Waals surface area (Å²) in [6.07, 6.45) is 2.63. The molecule has 84 valence electrons. The molecular formula is C10H17N3O2. The maximum Gasteiger partial charge on any atom is 0.230 e. The second-order valence-electron chi connectivity index (χ2n) is 3.94. The Morgan fingerprint density at radius 1 is 1.53 bits per heavy atom. The van der Waals surface area contributed by atoms with Crippen molar-refractivity contribution >= 4 is 0 Å². The van der Waals surface area contributed by atoms with Gasteiger partial charge in [0.15, 0.2) is 0 Å². The highest BCUT2D eigenvalue weighted by Gasteiger charge is 2.22. The van der Waals surface area contributed by atoms with Gasteiger partial charge in [0.05, 0.1) is 12.6 Å². The molecule has 1 aromatic heterocycles. The molecule has 2 atom stereocenters. The first-order chi connectivity index (χ1) is 7.25. The van der Waals surface area contributed by atoms with Crippen LogP contribution in [0.3, 0.4) is 0 Å². The molecule has 0 aliphatic carbocycles. The first-order valence-corrected chi connectivity index (χ1v) is 5.39. The fourth-order valence-electron chi connectivity index (χ4n) is 1.79. The lowest BCUT2D eigenvalue weighted by atomic mass is 10.1. The molecule has 0 bridgehead atoms. The number of aromatic nitrogens is 2. The van der Waals surface area contributed by atoms with E-state index in [0.29, 0.717) is 30.5 Å². The number of hydrogen-bond donors (Lipinski definition) is 1. The van der Waals surface area contributed by atoms with E-state index in [0.717, 1.165) is 19.4 Å². The molecule has 0 amide bonds. The van der Waals surface area contributed by atoms with E-state index in [1.165, 1.54) is 0 Å². The van der Waals surface area contributed by atoms with Gasteiger partial charge in [-0.25, -0.2) is 0 Å². The van der Waals surface area contributed by atoms with E-state index in [-0.39, 0.29) is 0 Å². The normalized spacial score (nSPS) is 23.2. The smallest absolute Gasteiger partial charge is 0.230 e. The monoisotopic (exact) mass is 211 g/mol. The molecule has 15 heavy (non-hydrogen) atoms. The molecule has 1 aromatic rings. The Bertz CT molecular complexity index is 307. The standard InChI is InChI=1S/C10H17N3O2/c1-7(9-4-3-5-14-9)11-6-10-13-12-8(2)15-10/h7,9,11H,3-6H2,1-2H3/t7-,9-/m1/s1. The fourth-order valence-corrected chi connectivity index (χ4v) is 1.79. The maximum absolute atomic E-state index is 5.58. The van der Waals surface area contributed by atoms with Gasteiger partial charge in [-0.3, -0.25) is 0 Å². The Labute approximate surface area is 89.2 Å². The summed E-state index contributed by atoms with van der Waals surface area (Å²) in [6, 6.07) is 0.333. The van der Waals surface area contributed by atoms with Gasteiger partial charge in [-0.2, -0.15) is 0 Å². The van der Waals surface area contributed by atoms with Gasteiger partial charge in [0.2, 0.25) is 11.8 Å². The molecule has 2 heterocycles. The highest BCUT2D eigenvalue weighted by atomic mass is 16.5. The number of ether oxygens (including phenoxy) is 1. The molecule has 0 saturated carbocycles. The first-order valence-electron chi connectivity index (χ1n) is 5.39. The molecule has 1 fully saturated rings. The second kappa shape index (κ2) is 4.72. The van der Waals surface area contributed by atoms with Crippen molar-refractivity contribution < 1.29 is 9.15 Å². The Kier molecular flexibility index (Phi) is 3.33. The molecule has 0 spiro atoms. The molecule has 2 rings (SSSR count). The van der Waals surface area contributed by atoms with E-state index in [9.17, 15) is 0 Å². The van der Waals surface area contributed by atoms with Crippen molar-refractivity contribution in [2.24, 2.45) is 0 Å². The highest BCUT2D eigenvalue weighted by Crippen LogP contribution is 2.15. The van der Waals surface area contributed by atoms with Crippen LogP contribution >= 0.6 is 0 Å². The van der Waals surface area contributed by atoms with E-state index in [2.05, 4.69) is 22.4 Å². The van der Waals surface area contributed by atoms with Crippen LogP contribution in [0, 0.1) is 6.92 Å². The van der Waals surface area contributed by atoms with E-state index >= 15 is 0 Å². The van der Waals surface area contributed by atoms with Crippen molar-refractivity contribution in [2.45, 2.75) is 45.4 Å². The zero-order chi connectivity index (χ0) is 10.7. The van der Waals surface area contributed by atoms with Gasteiger partial charge in [0, 0.05) is 19.6 Å². The molecule has 1 N–H and O–H groups in total. The lowest BCUT2D eigenvalue weighted by Crippen LogP contribution is -2.36. The minimum atomic E-state index is 0.328. The Balaban J connectivity index is 1.77. The van der Waals surface area contributed by atoms with Gasteiger partial charge in [-0.05, 0) is 19.8 Å². The van der Waals surface area contributed by atoms with Gasteiger partial charge in [0.1, 0.15) is 0 Å². The molecule has 0 radical (unpaired) electrons. The van der Waals surface area contributed by atoms with Crippen LogP contribution < -0.4 is 5.32 Å². The number of nitrogens with zero attached hydrogens (tertiary/aromatic N) is 2. The van der Waals surface area contributed by atoms with Crippen LogP contribution in [-0.2, 0) is 11.3 Å². The molecule has 1 aliphatic heterocycles. The van der Waals surface area contributed by atoms with Crippen molar-refractivity contribution in [3.05, 3.63) is 11.8 Å². The molecule has 1 saturated heterocycles. The van der Waals surface area contributed by atoms with Crippen molar-refractivity contribution in [1.82, 2.24) is 15.5 Å². The highest BCUT2D eigenvalue weighted by molar-refractivity contribution is 4.82. The number of aryl methyl sites for hydroxylation is 1. The zero-order valence-electron chi connectivity index (χ0n) is 9.19. The fraction of sp³-hybridized carbons (Fsp3) is 0.800. The van der Waals surface area contributed by atoms with Crippen LogP contribution in [0.2, 0.25) is 0 Å². The van der Waals surface area contributed by atoms with Crippen molar-refractivity contribution in [3.8, 4) is 0 Å². The minimum Gasteiger partial charge on any atom is -0.424 e. The molecular weight excluding hydrogens is 194 g/mol. The SMILES string of the molecule is Cc1nnc(CN[C@H](C)[C@H]2CCCO2)o1. The molecule has 0 aromatic carbocycles. The summed E-state index contributed by atoms with van der Waals surface area (Å²) in [5.74, 6) is 1.24. The third kappa shape index (κ3) is 2.76. The van der Waals surface area contributed by atoms with Crippen LogP contribution in [-0.4, -0.2) is 29.0 Å². The van der Waals surface area contributed by atoms with Gasteiger partial charge in [-0.15, -0.1) is 10.2 Å². The summed E-state index contributed by atoms with van der Waals surface area (Å²) in [5, 5.41) is 11.0. The zero-order valence-corrected chi connectivity index (χ0v) is 9.19. The third-order valence-corrected chi connectivity index (χ3v) is 2.67. The van der Waals surface area contributed by atoms with Crippen molar-refractivity contribution in [2.75, 3.05) is 6.61 Å². The van der Waals surface area contributed by atoms with Crippen LogP contribution in [0.1, 0.15) is 31.5 Å².